The molecule has 9 nitrogen and oxygen atoms in total. The van der Waals surface area contributed by atoms with Gasteiger partial charge in [-0.25, -0.2) is 4.90 Å². The maximum atomic E-state index is 13.7. The molecule has 2 fully saturated rings. The van der Waals surface area contributed by atoms with E-state index in [1.807, 2.05) is 0 Å². The highest BCUT2D eigenvalue weighted by Gasteiger charge is 2.47. The molecule has 4 rings (SSSR count). The number of imide groups is 1. The van der Waals surface area contributed by atoms with Gasteiger partial charge in [-0.05, 0) is 55.3 Å². The minimum Gasteiger partial charge on any atom is -0.493 e. The first-order valence-electron chi connectivity index (χ1n) is 11.6. The van der Waals surface area contributed by atoms with Gasteiger partial charge in [0.25, 0.3) is 11.8 Å². The average Bonchev–Trinajstić information content (AvgIpc) is 3.47. The van der Waals surface area contributed by atoms with Gasteiger partial charge in [-0.3, -0.25) is 19.2 Å². The highest BCUT2D eigenvalue weighted by molar-refractivity contribution is 6.23. The summed E-state index contributed by atoms with van der Waals surface area (Å²) >= 11 is 0. The third kappa shape index (κ3) is 4.84. The number of amides is 4. The predicted octanol–water partition coefficient (Wildman–Crippen LogP) is 3.38. The van der Waals surface area contributed by atoms with Crippen molar-refractivity contribution in [2.75, 3.05) is 24.4 Å². The Bertz CT molecular complexity index is 1140. The van der Waals surface area contributed by atoms with Crippen LogP contribution in [0.2, 0.25) is 0 Å². The van der Waals surface area contributed by atoms with Gasteiger partial charge in [-0.2, -0.15) is 0 Å². The summed E-state index contributed by atoms with van der Waals surface area (Å²) in [6, 6.07) is 10.4. The molecule has 184 valence electrons. The molecule has 1 atom stereocenters. The highest BCUT2D eigenvalue weighted by atomic mass is 16.5. The van der Waals surface area contributed by atoms with Crippen LogP contribution in [0.25, 0.3) is 0 Å². The second-order valence-electron chi connectivity index (χ2n) is 8.74. The van der Waals surface area contributed by atoms with Gasteiger partial charge in [0.15, 0.2) is 11.5 Å². The van der Waals surface area contributed by atoms with Gasteiger partial charge in [0.2, 0.25) is 11.8 Å². The van der Waals surface area contributed by atoms with E-state index in [9.17, 15) is 19.2 Å². The van der Waals surface area contributed by atoms with E-state index in [2.05, 4.69) is 5.32 Å². The fourth-order valence-electron chi connectivity index (χ4n) is 4.86. The first-order valence-corrected chi connectivity index (χ1v) is 11.6. The van der Waals surface area contributed by atoms with Crippen LogP contribution in [0.15, 0.2) is 42.5 Å². The molecule has 1 aliphatic carbocycles. The number of hydrogen-bond donors (Lipinski definition) is 1. The zero-order valence-corrected chi connectivity index (χ0v) is 20.1. The number of benzene rings is 2. The molecule has 1 aliphatic heterocycles. The van der Waals surface area contributed by atoms with Crippen molar-refractivity contribution in [1.82, 2.24) is 4.90 Å². The van der Waals surface area contributed by atoms with Crippen LogP contribution in [0, 0.1) is 0 Å². The molecule has 1 heterocycles. The molecule has 9 heteroatoms. The number of carbonyl (C=O) groups excluding carboxylic acids is 4. The third-order valence-electron chi connectivity index (χ3n) is 6.49. The molecule has 0 spiro atoms. The van der Waals surface area contributed by atoms with Crippen molar-refractivity contribution < 1.29 is 28.7 Å². The molecule has 2 aliphatic rings. The Morgan fingerprint density at radius 3 is 2.23 bits per heavy atom. The lowest BCUT2D eigenvalue weighted by atomic mass is 10.1. The largest absolute Gasteiger partial charge is 0.493 e. The first kappa shape index (κ1) is 24.3. The summed E-state index contributed by atoms with van der Waals surface area (Å²) in [5.41, 5.74) is 1.34. The summed E-state index contributed by atoms with van der Waals surface area (Å²) in [4.78, 5) is 54.3. The van der Waals surface area contributed by atoms with E-state index in [0.29, 0.717) is 28.4 Å². The summed E-state index contributed by atoms with van der Waals surface area (Å²) in [6.45, 7) is 1.40. The van der Waals surface area contributed by atoms with Crippen LogP contribution in [0.3, 0.4) is 0 Å². The molecule has 1 saturated heterocycles. The molecule has 1 unspecified atom stereocenters. The van der Waals surface area contributed by atoms with E-state index >= 15 is 0 Å². The quantitative estimate of drug-likeness (QED) is 0.611. The molecule has 2 aromatic rings. The smallest absolute Gasteiger partial charge is 0.257 e. The minimum atomic E-state index is -0.888. The number of carbonyl (C=O) groups is 4. The van der Waals surface area contributed by atoms with Crippen LogP contribution in [0.5, 0.6) is 11.5 Å². The van der Waals surface area contributed by atoms with Gasteiger partial charge in [-0.1, -0.05) is 12.8 Å². The molecular weight excluding hydrogens is 450 g/mol. The van der Waals surface area contributed by atoms with Crippen molar-refractivity contribution in [1.29, 1.82) is 0 Å². The van der Waals surface area contributed by atoms with Crippen LogP contribution in [-0.4, -0.2) is 54.8 Å². The van der Waals surface area contributed by atoms with Crippen LogP contribution < -0.4 is 19.7 Å². The van der Waals surface area contributed by atoms with Crippen molar-refractivity contribution in [3.63, 3.8) is 0 Å². The Morgan fingerprint density at radius 1 is 0.971 bits per heavy atom. The summed E-state index contributed by atoms with van der Waals surface area (Å²) in [6.07, 6.45) is 3.40. The van der Waals surface area contributed by atoms with Crippen LogP contribution in [-0.2, 0) is 14.4 Å². The predicted molar refractivity (Wildman–Crippen MR) is 130 cm³/mol. The van der Waals surface area contributed by atoms with Crippen molar-refractivity contribution in [2.45, 2.75) is 51.1 Å². The topological polar surface area (TPSA) is 105 Å². The first-order chi connectivity index (χ1) is 16.8. The lowest BCUT2D eigenvalue weighted by Crippen LogP contribution is -2.50. The summed E-state index contributed by atoms with van der Waals surface area (Å²) in [5, 5.41) is 2.66. The van der Waals surface area contributed by atoms with Gasteiger partial charge in [0, 0.05) is 24.2 Å². The molecule has 0 aromatic heterocycles. The standard InChI is InChI=1S/C26H29N3O6/c1-16(30)27-18-9-11-20(12-10-18)29-24(31)15-21(26(29)33)28(19-6-4-5-7-19)25(32)17-8-13-22(34-2)23(14-17)35-3/h8-14,19,21H,4-7,15H2,1-3H3,(H,27,30). The third-order valence-corrected chi connectivity index (χ3v) is 6.49. The Balaban J connectivity index is 1.64. The minimum absolute atomic E-state index is 0.0815. The van der Waals surface area contributed by atoms with Crippen molar-refractivity contribution in [3.8, 4) is 11.5 Å². The summed E-state index contributed by atoms with van der Waals surface area (Å²) < 4.78 is 10.6. The number of rotatable bonds is 7. The Kier molecular flexibility index (Phi) is 7.04. The number of anilines is 2. The number of methoxy groups -OCH3 is 2. The van der Waals surface area contributed by atoms with Gasteiger partial charge in [-0.15, -0.1) is 0 Å². The summed E-state index contributed by atoms with van der Waals surface area (Å²) in [7, 11) is 3.01. The van der Waals surface area contributed by atoms with E-state index in [4.69, 9.17) is 9.47 Å². The lowest BCUT2D eigenvalue weighted by Gasteiger charge is -2.33. The highest BCUT2D eigenvalue weighted by Crippen LogP contribution is 2.34. The fraction of sp³-hybridized carbons (Fsp3) is 0.385. The number of nitrogens with one attached hydrogen (secondary N) is 1. The SMILES string of the molecule is COc1ccc(C(=O)N(C2CCCC2)C2CC(=O)N(c3ccc(NC(C)=O)cc3)C2=O)cc1OC. The van der Waals surface area contributed by atoms with Gasteiger partial charge < -0.3 is 19.7 Å². The van der Waals surface area contributed by atoms with Crippen molar-refractivity contribution in [2.24, 2.45) is 0 Å². The zero-order chi connectivity index (χ0) is 25.1. The Labute approximate surface area is 204 Å². The maximum Gasteiger partial charge on any atom is 0.257 e. The molecule has 1 saturated carbocycles. The molecule has 0 radical (unpaired) electrons. The number of hydrogen-bond acceptors (Lipinski definition) is 6. The van der Waals surface area contributed by atoms with Gasteiger partial charge in [0.1, 0.15) is 6.04 Å². The molecule has 4 amide bonds. The van der Waals surface area contributed by atoms with Crippen molar-refractivity contribution >= 4 is 35.0 Å². The molecular formula is C26H29N3O6. The van der Waals surface area contributed by atoms with E-state index in [0.717, 1.165) is 30.6 Å². The Hall–Kier alpha value is -3.88. The normalized spacial score (nSPS) is 18.0. The number of ether oxygens (including phenoxy) is 2. The molecule has 35 heavy (non-hydrogen) atoms. The van der Waals surface area contributed by atoms with Crippen LogP contribution in [0.1, 0.15) is 49.4 Å². The average molecular weight is 480 g/mol. The van der Waals surface area contributed by atoms with Crippen LogP contribution >= 0.6 is 0 Å². The molecule has 1 N–H and O–H groups in total. The second-order valence-corrected chi connectivity index (χ2v) is 8.74. The maximum absolute atomic E-state index is 13.7. The van der Waals surface area contributed by atoms with E-state index in [1.165, 1.54) is 21.1 Å². The number of nitrogens with zero attached hydrogens (tertiary/aromatic N) is 2. The molecule has 0 bridgehead atoms. The zero-order valence-electron chi connectivity index (χ0n) is 20.1. The van der Waals surface area contributed by atoms with Crippen LogP contribution in [0.4, 0.5) is 11.4 Å². The van der Waals surface area contributed by atoms with Gasteiger partial charge in [0.05, 0.1) is 26.3 Å². The van der Waals surface area contributed by atoms with E-state index in [-0.39, 0.29) is 30.2 Å². The lowest BCUT2D eigenvalue weighted by molar-refractivity contribution is -0.123. The van der Waals surface area contributed by atoms with E-state index < -0.39 is 11.9 Å². The van der Waals surface area contributed by atoms with Gasteiger partial charge >= 0.3 is 0 Å². The second kappa shape index (κ2) is 10.2. The van der Waals surface area contributed by atoms with Crippen molar-refractivity contribution in [3.05, 3.63) is 48.0 Å². The summed E-state index contributed by atoms with van der Waals surface area (Å²) in [5.74, 6) is -0.408. The van der Waals surface area contributed by atoms with E-state index in [1.54, 1.807) is 47.4 Å². The Morgan fingerprint density at radius 2 is 1.63 bits per heavy atom. The monoisotopic (exact) mass is 479 g/mol. The fourth-order valence-corrected chi connectivity index (χ4v) is 4.86. The molecule has 2 aromatic carbocycles.